The van der Waals surface area contributed by atoms with E-state index in [1.54, 1.807) is 0 Å². The van der Waals surface area contributed by atoms with Crippen LogP contribution in [0.5, 0.6) is 0 Å². The molecule has 0 unspecified atom stereocenters. The van der Waals surface area contributed by atoms with E-state index in [1.165, 1.54) is 32.1 Å². The van der Waals surface area contributed by atoms with Crippen molar-refractivity contribution in [2.75, 3.05) is 44.9 Å². The van der Waals surface area contributed by atoms with Gasteiger partial charge in [-0.3, -0.25) is 0 Å². The number of unbranched alkanes of at least 4 members (excludes halogenated alkanes) is 1. The molecule has 1 atom stereocenters. The minimum atomic E-state index is -2.72. The minimum absolute atomic E-state index is 0.362. The standard InChI is InChI=1S/C15H29NO3S/c1-16(12-15-7-11-20(17,18)13-15)8-3-2-4-14-5-9-19-10-6-14/h14-15H,2-13H2,1H3/t15-/m0/s1. The van der Waals surface area contributed by atoms with Crippen LogP contribution in [-0.4, -0.2) is 58.2 Å². The van der Waals surface area contributed by atoms with Crippen LogP contribution in [0.3, 0.4) is 0 Å². The highest BCUT2D eigenvalue weighted by Gasteiger charge is 2.28. The molecule has 118 valence electrons. The van der Waals surface area contributed by atoms with Crippen LogP contribution in [0.1, 0.15) is 38.5 Å². The van der Waals surface area contributed by atoms with Crippen LogP contribution in [0.25, 0.3) is 0 Å². The van der Waals surface area contributed by atoms with E-state index in [1.807, 2.05) is 0 Å². The molecule has 2 saturated heterocycles. The monoisotopic (exact) mass is 303 g/mol. The van der Waals surface area contributed by atoms with Gasteiger partial charge in [0, 0.05) is 19.8 Å². The van der Waals surface area contributed by atoms with Gasteiger partial charge in [-0.1, -0.05) is 12.8 Å². The van der Waals surface area contributed by atoms with Gasteiger partial charge in [0.25, 0.3) is 0 Å². The molecule has 0 radical (unpaired) electrons. The maximum Gasteiger partial charge on any atom is 0.150 e. The quantitative estimate of drug-likeness (QED) is 0.675. The largest absolute Gasteiger partial charge is 0.381 e. The van der Waals surface area contributed by atoms with Crippen LogP contribution in [0.4, 0.5) is 0 Å². The molecule has 0 aromatic rings. The Morgan fingerprint density at radius 1 is 1.10 bits per heavy atom. The molecule has 2 aliphatic heterocycles. The van der Waals surface area contributed by atoms with Crippen molar-refractivity contribution in [3.8, 4) is 0 Å². The van der Waals surface area contributed by atoms with Gasteiger partial charge in [-0.2, -0.15) is 0 Å². The zero-order valence-electron chi connectivity index (χ0n) is 12.7. The van der Waals surface area contributed by atoms with Crippen LogP contribution >= 0.6 is 0 Å². The molecule has 0 N–H and O–H groups in total. The van der Waals surface area contributed by atoms with Crippen molar-refractivity contribution in [3.63, 3.8) is 0 Å². The molecule has 0 bridgehead atoms. The molecule has 2 heterocycles. The summed E-state index contributed by atoms with van der Waals surface area (Å²) in [6, 6.07) is 0. The number of hydrogen-bond donors (Lipinski definition) is 0. The molecule has 0 saturated carbocycles. The van der Waals surface area contributed by atoms with Gasteiger partial charge < -0.3 is 9.64 Å². The zero-order valence-corrected chi connectivity index (χ0v) is 13.5. The number of nitrogens with zero attached hydrogens (tertiary/aromatic N) is 1. The number of rotatable bonds is 7. The Morgan fingerprint density at radius 2 is 1.85 bits per heavy atom. The molecule has 20 heavy (non-hydrogen) atoms. The predicted octanol–water partition coefficient (Wildman–Crippen LogP) is 1.95. The van der Waals surface area contributed by atoms with Crippen molar-refractivity contribution in [2.24, 2.45) is 11.8 Å². The van der Waals surface area contributed by atoms with Gasteiger partial charge in [0.2, 0.25) is 0 Å². The second-order valence-corrected chi connectivity index (χ2v) is 8.81. The molecule has 0 amide bonds. The normalized spacial score (nSPS) is 27.2. The summed E-state index contributed by atoms with van der Waals surface area (Å²) in [6.07, 6.45) is 7.17. The van der Waals surface area contributed by atoms with E-state index in [2.05, 4.69) is 11.9 Å². The molecule has 4 nitrogen and oxygen atoms in total. The summed E-state index contributed by atoms with van der Waals surface area (Å²) in [5.74, 6) is 2.03. The highest BCUT2D eigenvalue weighted by molar-refractivity contribution is 7.91. The third kappa shape index (κ3) is 5.70. The maximum absolute atomic E-state index is 11.4. The van der Waals surface area contributed by atoms with Gasteiger partial charge in [-0.25, -0.2) is 8.42 Å². The molecule has 0 aliphatic carbocycles. The van der Waals surface area contributed by atoms with Gasteiger partial charge >= 0.3 is 0 Å². The van der Waals surface area contributed by atoms with Crippen molar-refractivity contribution < 1.29 is 13.2 Å². The lowest BCUT2D eigenvalue weighted by atomic mass is 9.94. The lowest BCUT2D eigenvalue weighted by Gasteiger charge is -2.23. The Morgan fingerprint density at radius 3 is 2.50 bits per heavy atom. The first-order chi connectivity index (χ1) is 9.55. The second kappa shape index (κ2) is 7.76. The number of ether oxygens (including phenoxy) is 1. The first-order valence-electron chi connectivity index (χ1n) is 8.02. The number of hydrogen-bond acceptors (Lipinski definition) is 4. The molecule has 0 aromatic heterocycles. The molecule has 0 aromatic carbocycles. The van der Waals surface area contributed by atoms with Crippen LogP contribution in [-0.2, 0) is 14.6 Å². The average Bonchev–Trinajstić information content (AvgIpc) is 2.75. The Hall–Kier alpha value is -0.130. The molecule has 5 heteroatoms. The smallest absolute Gasteiger partial charge is 0.150 e. The van der Waals surface area contributed by atoms with Crippen LogP contribution in [0.15, 0.2) is 0 Å². The first-order valence-corrected chi connectivity index (χ1v) is 9.84. The van der Waals surface area contributed by atoms with Gasteiger partial charge in [0.15, 0.2) is 9.84 Å². The van der Waals surface area contributed by atoms with Gasteiger partial charge in [-0.05, 0) is 51.1 Å². The minimum Gasteiger partial charge on any atom is -0.381 e. The summed E-state index contributed by atoms with van der Waals surface area (Å²) in [4.78, 5) is 2.31. The molecule has 2 rings (SSSR count). The fourth-order valence-electron chi connectivity index (χ4n) is 3.40. The SMILES string of the molecule is CN(CCCCC1CCOCC1)C[C@@H]1CCS(=O)(=O)C1. The van der Waals surface area contributed by atoms with E-state index in [-0.39, 0.29) is 0 Å². The molecule has 2 fully saturated rings. The Kier molecular flexibility index (Phi) is 6.30. The van der Waals surface area contributed by atoms with E-state index in [4.69, 9.17) is 4.74 Å². The highest BCUT2D eigenvalue weighted by atomic mass is 32.2. The second-order valence-electron chi connectivity index (χ2n) is 6.58. The maximum atomic E-state index is 11.4. The summed E-state index contributed by atoms with van der Waals surface area (Å²) in [6.45, 7) is 3.93. The fraction of sp³-hybridized carbons (Fsp3) is 1.00. The first kappa shape index (κ1) is 16.2. The molecular formula is C15H29NO3S. The van der Waals surface area contributed by atoms with E-state index in [0.29, 0.717) is 17.4 Å². The zero-order chi connectivity index (χ0) is 14.4. The summed E-state index contributed by atoms with van der Waals surface area (Å²) in [7, 11) is -0.595. The van der Waals surface area contributed by atoms with E-state index in [9.17, 15) is 8.42 Å². The molecular weight excluding hydrogens is 274 g/mol. The van der Waals surface area contributed by atoms with Crippen LogP contribution < -0.4 is 0 Å². The van der Waals surface area contributed by atoms with E-state index < -0.39 is 9.84 Å². The molecule has 0 spiro atoms. The lowest BCUT2D eigenvalue weighted by Crippen LogP contribution is -2.27. The van der Waals surface area contributed by atoms with Gasteiger partial charge in [0.1, 0.15) is 0 Å². The predicted molar refractivity (Wildman–Crippen MR) is 81.7 cm³/mol. The average molecular weight is 303 g/mol. The van der Waals surface area contributed by atoms with Crippen molar-refractivity contribution in [1.82, 2.24) is 4.90 Å². The van der Waals surface area contributed by atoms with Crippen molar-refractivity contribution in [2.45, 2.75) is 38.5 Å². The van der Waals surface area contributed by atoms with E-state index in [0.717, 1.165) is 38.6 Å². The third-order valence-corrected chi connectivity index (χ3v) is 6.48. The summed E-state index contributed by atoms with van der Waals surface area (Å²) >= 11 is 0. The van der Waals surface area contributed by atoms with Crippen molar-refractivity contribution >= 4 is 9.84 Å². The topological polar surface area (TPSA) is 46.6 Å². The Balaban J connectivity index is 1.53. The Bertz CT molecular complexity index is 377. The van der Waals surface area contributed by atoms with Crippen molar-refractivity contribution in [3.05, 3.63) is 0 Å². The number of sulfone groups is 1. The molecule has 2 aliphatic rings. The highest BCUT2D eigenvalue weighted by Crippen LogP contribution is 2.21. The summed E-state index contributed by atoms with van der Waals surface area (Å²) in [5, 5.41) is 0. The fourth-order valence-corrected chi connectivity index (χ4v) is 5.25. The summed E-state index contributed by atoms with van der Waals surface area (Å²) in [5.41, 5.74) is 0. The lowest BCUT2D eigenvalue weighted by molar-refractivity contribution is 0.0629. The van der Waals surface area contributed by atoms with Gasteiger partial charge in [-0.15, -0.1) is 0 Å². The summed E-state index contributed by atoms with van der Waals surface area (Å²) < 4.78 is 28.2. The van der Waals surface area contributed by atoms with Crippen molar-refractivity contribution in [1.29, 1.82) is 0 Å². The van der Waals surface area contributed by atoms with Gasteiger partial charge in [0.05, 0.1) is 11.5 Å². The third-order valence-electron chi connectivity index (χ3n) is 4.64. The van der Waals surface area contributed by atoms with Crippen LogP contribution in [0.2, 0.25) is 0 Å². The van der Waals surface area contributed by atoms with E-state index >= 15 is 0 Å². The van der Waals surface area contributed by atoms with Crippen LogP contribution in [0, 0.1) is 11.8 Å². The Labute approximate surface area is 123 Å².